The number of carbonyl (C=O) groups is 1. The number of hydrogen-bond acceptors (Lipinski definition) is 3. The minimum Gasteiger partial charge on any atom is -0.465 e. The van der Waals surface area contributed by atoms with Crippen molar-refractivity contribution in [2.75, 3.05) is 26.0 Å². The van der Waals surface area contributed by atoms with E-state index in [1.165, 1.54) is 12.7 Å². The van der Waals surface area contributed by atoms with Gasteiger partial charge in [0.2, 0.25) is 0 Å². The summed E-state index contributed by atoms with van der Waals surface area (Å²) in [6, 6.07) is 17.4. The van der Waals surface area contributed by atoms with Crippen LogP contribution in [0.1, 0.15) is 15.9 Å². The Morgan fingerprint density at radius 2 is 1.78 bits per heavy atom. The van der Waals surface area contributed by atoms with Gasteiger partial charge in [-0.1, -0.05) is 42.5 Å². The van der Waals surface area contributed by atoms with Gasteiger partial charge in [0, 0.05) is 13.6 Å². The lowest BCUT2D eigenvalue weighted by molar-refractivity contribution is 0.0602. The zero-order valence-electron chi connectivity index (χ0n) is 13.3. The zero-order chi connectivity index (χ0) is 16.7. The van der Waals surface area contributed by atoms with Crippen LogP contribution in [0.25, 0.3) is 0 Å². The van der Waals surface area contributed by atoms with Crippen molar-refractivity contribution in [1.82, 2.24) is 4.90 Å². The molecule has 0 unspecified atom stereocenters. The van der Waals surface area contributed by atoms with Crippen LogP contribution in [0.4, 0.5) is 5.69 Å². The minimum atomic E-state index is -0.386. The SMILES string of the molecule is COC(=O)c1ccccc1NC(=S)N(C)CCc1ccccc1. The number of likely N-dealkylation sites (N-methyl/N-ethyl adjacent to an activating group) is 1. The maximum Gasteiger partial charge on any atom is 0.339 e. The van der Waals surface area contributed by atoms with Crippen LogP contribution in [-0.4, -0.2) is 36.7 Å². The molecular weight excluding hydrogens is 308 g/mol. The van der Waals surface area contributed by atoms with Crippen molar-refractivity contribution in [2.45, 2.75) is 6.42 Å². The van der Waals surface area contributed by atoms with Crippen molar-refractivity contribution in [3.63, 3.8) is 0 Å². The number of benzene rings is 2. The Kier molecular flexibility index (Phi) is 6.11. The number of rotatable bonds is 5. The average molecular weight is 328 g/mol. The van der Waals surface area contributed by atoms with Gasteiger partial charge in [-0.3, -0.25) is 0 Å². The molecule has 2 aromatic rings. The van der Waals surface area contributed by atoms with E-state index in [1.807, 2.05) is 42.3 Å². The highest BCUT2D eigenvalue weighted by Crippen LogP contribution is 2.16. The summed E-state index contributed by atoms with van der Waals surface area (Å²) >= 11 is 5.42. The summed E-state index contributed by atoms with van der Waals surface area (Å²) in [5, 5.41) is 3.69. The Bertz CT molecular complexity index is 674. The molecule has 2 rings (SSSR count). The van der Waals surface area contributed by atoms with Gasteiger partial charge in [0.1, 0.15) is 0 Å². The van der Waals surface area contributed by atoms with E-state index >= 15 is 0 Å². The molecule has 0 bridgehead atoms. The van der Waals surface area contributed by atoms with Crippen LogP contribution in [0.2, 0.25) is 0 Å². The van der Waals surface area contributed by atoms with Crippen LogP contribution in [0.5, 0.6) is 0 Å². The quantitative estimate of drug-likeness (QED) is 0.673. The third kappa shape index (κ3) is 4.79. The van der Waals surface area contributed by atoms with E-state index in [0.29, 0.717) is 16.4 Å². The highest BCUT2D eigenvalue weighted by Gasteiger charge is 2.13. The molecule has 4 nitrogen and oxygen atoms in total. The molecule has 0 saturated carbocycles. The fourth-order valence-corrected chi connectivity index (χ4v) is 2.33. The van der Waals surface area contributed by atoms with Crippen LogP contribution in [0, 0.1) is 0 Å². The number of esters is 1. The average Bonchev–Trinajstić information content (AvgIpc) is 2.60. The summed E-state index contributed by atoms with van der Waals surface area (Å²) in [5.41, 5.74) is 2.38. The van der Waals surface area contributed by atoms with Crippen LogP contribution >= 0.6 is 12.2 Å². The summed E-state index contributed by atoms with van der Waals surface area (Å²) in [5.74, 6) is -0.386. The molecular formula is C18H20N2O2S. The summed E-state index contributed by atoms with van der Waals surface area (Å²) in [7, 11) is 3.29. The highest BCUT2D eigenvalue weighted by molar-refractivity contribution is 7.80. The molecule has 5 heteroatoms. The van der Waals surface area contributed by atoms with E-state index in [0.717, 1.165) is 13.0 Å². The Morgan fingerprint density at radius 3 is 2.48 bits per heavy atom. The first-order chi connectivity index (χ1) is 11.1. The number of hydrogen-bond donors (Lipinski definition) is 1. The van der Waals surface area contributed by atoms with Gasteiger partial charge in [0.25, 0.3) is 0 Å². The Hall–Kier alpha value is -2.40. The standard InChI is InChI=1S/C18H20N2O2S/c1-20(13-12-14-8-4-3-5-9-14)18(23)19-16-11-7-6-10-15(16)17(21)22-2/h3-11H,12-13H2,1-2H3,(H,19,23). The van der Waals surface area contributed by atoms with Gasteiger partial charge in [0.05, 0.1) is 18.4 Å². The maximum absolute atomic E-state index is 11.8. The van der Waals surface area contributed by atoms with Gasteiger partial charge in [-0.05, 0) is 36.3 Å². The third-order valence-corrected chi connectivity index (χ3v) is 3.91. The molecule has 0 spiro atoms. The largest absolute Gasteiger partial charge is 0.465 e. The predicted molar refractivity (Wildman–Crippen MR) is 96.8 cm³/mol. The molecule has 0 atom stereocenters. The van der Waals surface area contributed by atoms with Crippen molar-refractivity contribution in [2.24, 2.45) is 0 Å². The molecule has 0 radical (unpaired) electrons. The minimum absolute atomic E-state index is 0.386. The lowest BCUT2D eigenvalue weighted by atomic mass is 10.1. The summed E-state index contributed by atoms with van der Waals surface area (Å²) in [6.45, 7) is 0.788. The molecule has 0 aliphatic rings. The molecule has 0 aromatic heterocycles. The highest BCUT2D eigenvalue weighted by atomic mass is 32.1. The molecule has 0 fully saturated rings. The number of carbonyl (C=O) groups excluding carboxylic acids is 1. The molecule has 0 aliphatic carbocycles. The first kappa shape index (κ1) is 17.0. The van der Waals surface area contributed by atoms with Gasteiger partial charge in [0.15, 0.2) is 5.11 Å². The third-order valence-electron chi connectivity index (χ3n) is 3.50. The first-order valence-electron chi connectivity index (χ1n) is 7.35. The monoisotopic (exact) mass is 328 g/mol. The van der Waals surface area contributed by atoms with Gasteiger partial charge < -0.3 is 15.0 Å². The maximum atomic E-state index is 11.8. The molecule has 0 heterocycles. The molecule has 2 aromatic carbocycles. The van der Waals surface area contributed by atoms with E-state index in [-0.39, 0.29) is 5.97 Å². The second-order valence-corrected chi connectivity index (χ2v) is 5.51. The van der Waals surface area contributed by atoms with E-state index in [4.69, 9.17) is 17.0 Å². The molecule has 120 valence electrons. The normalized spacial score (nSPS) is 10.0. The molecule has 1 N–H and O–H groups in total. The zero-order valence-corrected chi connectivity index (χ0v) is 14.1. The smallest absolute Gasteiger partial charge is 0.339 e. The summed E-state index contributed by atoms with van der Waals surface area (Å²) in [4.78, 5) is 13.7. The molecule has 23 heavy (non-hydrogen) atoms. The van der Waals surface area contributed by atoms with Crippen LogP contribution < -0.4 is 5.32 Å². The van der Waals surface area contributed by atoms with E-state index in [2.05, 4.69) is 17.4 Å². The second kappa shape index (κ2) is 8.29. The number of ether oxygens (including phenoxy) is 1. The Balaban J connectivity index is 1.97. The van der Waals surface area contributed by atoms with Gasteiger partial charge in [-0.2, -0.15) is 0 Å². The van der Waals surface area contributed by atoms with Gasteiger partial charge in [-0.15, -0.1) is 0 Å². The van der Waals surface area contributed by atoms with E-state index in [1.54, 1.807) is 12.1 Å². The topological polar surface area (TPSA) is 41.6 Å². The first-order valence-corrected chi connectivity index (χ1v) is 7.76. The fraction of sp³-hybridized carbons (Fsp3) is 0.222. The van der Waals surface area contributed by atoms with Crippen molar-refractivity contribution >= 4 is 29.0 Å². The number of thiocarbonyl (C=S) groups is 1. The molecule has 0 amide bonds. The molecule has 0 saturated heterocycles. The van der Waals surface area contributed by atoms with Gasteiger partial charge >= 0.3 is 5.97 Å². The number of anilines is 1. The van der Waals surface area contributed by atoms with E-state index in [9.17, 15) is 4.79 Å². The van der Waals surface area contributed by atoms with Crippen molar-refractivity contribution in [3.8, 4) is 0 Å². The van der Waals surface area contributed by atoms with Crippen LogP contribution in [0.3, 0.4) is 0 Å². The van der Waals surface area contributed by atoms with Crippen LogP contribution in [-0.2, 0) is 11.2 Å². The molecule has 0 aliphatic heterocycles. The number of methoxy groups -OCH3 is 1. The summed E-state index contributed by atoms with van der Waals surface area (Å²) < 4.78 is 4.79. The number of nitrogens with zero attached hydrogens (tertiary/aromatic N) is 1. The Morgan fingerprint density at radius 1 is 1.13 bits per heavy atom. The van der Waals surface area contributed by atoms with Crippen molar-refractivity contribution in [1.29, 1.82) is 0 Å². The van der Waals surface area contributed by atoms with Crippen molar-refractivity contribution < 1.29 is 9.53 Å². The fourth-order valence-electron chi connectivity index (χ4n) is 2.13. The Labute approximate surface area is 142 Å². The lowest BCUT2D eigenvalue weighted by Gasteiger charge is -2.22. The number of para-hydroxylation sites is 1. The van der Waals surface area contributed by atoms with E-state index < -0.39 is 0 Å². The van der Waals surface area contributed by atoms with Gasteiger partial charge in [-0.25, -0.2) is 4.79 Å². The second-order valence-electron chi connectivity index (χ2n) is 5.12. The lowest BCUT2D eigenvalue weighted by Crippen LogP contribution is -2.33. The van der Waals surface area contributed by atoms with Crippen LogP contribution in [0.15, 0.2) is 54.6 Å². The number of nitrogens with one attached hydrogen (secondary N) is 1. The summed E-state index contributed by atoms with van der Waals surface area (Å²) in [6.07, 6.45) is 0.901. The van der Waals surface area contributed by atoms with Crippen molar-refractivity contribution in [3.05, 3.63) is 65.7 Å². The predicted octanol–water partition coefficient (Wildman–Crippen LogP) is 3.34.